The van der Waals surface area contributed by atoms with Gasteiger partial charge in [-0.15, -0.1) is 0 Å². The molecular weight excluding hydrogens is 460 g/mol. The van der Waals surface area contributed by atoms with Crippen LogP contribution < -0.4 is 9.47 Å². The van der Waals surface area contributed by atoms with Gasteiger partial charge in [-0.05, 0) is 48.5 Å². The first-order chi connectivity index (χ1) is 12.6. The van der Waals surface area contributed by atoms with E-state index in [1.54, 1.807) is 60.7 Å². The van der Waals surface area contributed by atoms with E-state index in [9.17, 15) is 10.5 Å². The highest BCUT2D eigenvalue weighted by molar-refractivity contribution is 9.10. The smallest absolute Gasteiger partial charge is 0.145 e. The minimum absolute atomic E-state index is 0.422. The van der Waals surface area contributed by atoms with Gasteiger partial charge in [0.05, 0.1) is 11.1 Å². The van der Waals surface area contributed by atoms with Gasteiger partial charge >= 0.3 is 0 Å². The topological polar surface area (TPSA) is 66.0 Å². The van der Waals surface area contributed by atoms with E-state index in [1.165, 1.54) is 0 Å². The van der Waals surface area contributed by atoms with Crippen LogP contribution in [-0.2, 0) is 0 Å². The third-order valence-corrected chi connectivity index (χ3v) is 4.37. The Labute approximate surface area is 167 Å². The molecule has 0 aliphatic rings. The summed E-state index contributed by atoms with van der Waals surface area (Å²) >= 11 is 6.67. The van der Waals surface area contributed by atoms with Gasteiger partial charge in [-0.2, -0.15) is 10.5 Å². The first-order valence-electron chi connectivity index (χ1n) is 7.44. The summed E-state index contributed by atoms with van der Waals surface area (Å²) in [5.74, 6) is 1.96. The zero-order chi connectivity index (χ0) is 18.5. The summed E-state index contributed by atoms with van der Waals surface area (Å²) in [4.78, 5) is 0. The molecule has 6 heteroatoms. The molecule has 0 aliphatic heterocycles. The molecule has 3 rings (SSSR count). The molecule has 0 saturated carbocycles. The number of rotatable bonds is 4. The molecule has 0 amide bonds. The first-order valence-corrected chi connectivity index (χ1v) is 9.03. The van der Waals surface area contributed by atoms with E-state index in [4.69, 9.17) is 9.47 Å². The van der Waals surface area contributed by atoms with Crippen LogP contribution in [0.3, 0.4) is 0 Å². The van der Waals surface area contributed by atoms with Crippen molar-refractivity contribution in [2.45, 2.75) is 0 Å². The average Bonchev–Trinajstić information content (AvgIpc) is 2.65. The Hall–Kier alpha value is -2.80. The van der Waals surface area contributed by atoms with Gasteiger partial charge in [-0.25, -0.2) is 0 Å². The van der Waals surface area contributed by atoms with Crippen molar-refractivity contribution in [2.24, 2.45) is 0 Å². The minimum Gasteiger partial charge on any atom is -0.456 e. The third-order valence-electron chi connectivity index (χ3n) is 3.39. The SMILES string of the molecule is N#Cc1cc(Br)ccc1Oc1cccc(Oc2ccc(Br)cc2C#N)c1. The molecule has 0 aliphatic carbocycles. The summed E-state index contributed by atoms with van der Waals surface area (Å²) in [5.41, 5.74) is 0.843. The van der Waals surface area contributed by atoms with Crippen LogP contribution in [0.5, 0.6) is 23.0 Å². The lowest BCUT2D eigenvalue weighted by molar-refractivity contribution is 0.459. The van der Waals surface area contributed by atoms with Gasteiger partial charge < -0.3 is 9.47 Å². The molecule has 0 atom stereocenters. The number of halogens is 2. The second kappa shape index (κ2) is 8.05. The quantitative estimate of drug-likeness (QED) is 0.435. The second-order valence-corrected chi connectivity index (χ2v) is 7.01. The van der Waals surface area contributed by atoms with Gasteiger partial charge in [0, 0.05) is 15.0 Å². The van der Waals surface area contributed by atoms with Crippen LogP contribution in [0, 0.1) is 22.7 Å². The third kappa shape index (κ3) is 4.23. The van der Waals surface area contributed by atoms with Crippen molar-refractivity contribution < 1.29 is 9.47 Å². The van der Waals surface area contributed by atoms with Gasteiger partial charge in [0.1, 0.15) is 35.1 Å². The molecule has 0 unspecified atom stereocenters. The molecule has 0 fully saturated rings. The van der Waals surface area contributed by atoms with Crippen molar-refractivity contribution in [1.29, 1.82) is 10.5 Å². The molecule has 0 heterocycles. The summed E-state index contributed by atoms with van der Waals surface area (Å²) in [5, 5.41) is 18.5. The predicted octanol–water partition coefficient (Wildman–Crippen LogP) is 6.54. The predicted molar refractivity (Wildman–Crippen MR) is 104 cm³/mol. The fourth-order valence-corrected chi connectivity index (χ4v) is 2.93. The summed E-state index contributed by atoms with van der Waals surface area (Å²) in [6.07, 6.45) is 0. The molecule has 4 nitrogen and oxygen atoms in total. The zero-order valence-corrected chi connectivity index (χ0v) is 16.4. The summed E-state index contributed by atoms with van der Waals surface area (Å²) in [6, 6.07) is 21.7. The molecule has 126 valence electrons. The zero-order valence-electron chi connectivity index (χ0n) is 13.2. The second-order valence-electron chi connectivity index (χ2n) is 5.18. The molecule has 0 aromatic heterocycles. The van der Waals surface area contributed by atoms with Crippen LogP contribution in [-0.4, -0.2) is 0 Å². The standard InChI is InChI=1S/C20H10Br2N2O2/c21-15-4-6-19(13(8-15)11-23)25-17-2-1-3-18(10-17)26-20-7-5-16(22)9-14(20)12-24/h1-10H. The molecule has 3 aromatic carbocycles. The molecule has 0 saturated heterocycles. The lowest BCUT2D eigenvalue weighted by atomic mass is 10.2. The Kier molecular flexibility index (Phi) is 5.58. The average molecular weight is 470 g/mol. The molecule has 3 aromatic rings. The number of ether oxygens (including phenoxy) is 2. The van der Waals surface area contributed by atoms with Crippen LogP contribution >= 0.6 is 31.9 Å². The van der Waals surface area contributed by atoms with E-state index >= 15 is 0 Å². The highest BCUT2D eigenvalue weighted by Crippen LogP contribution is 2.32. The molecule has 0 spiro atoms. The lowest BCUT2D eigenvalue weighted by Gasteiger charge is -2.11. The maximum atomic E-state index is 9.24. The molecular formula is C20H10Br2N2O2. The van der Waals surface area contributed by atoms with E-state index in [0.29, 0.717) is 34.1 Å². The van der Waals surface area contributed by atoms with Crippen LogP contribution in [0.4, 0.5) is 0 Å². The molecule has 26 heavy (non-hydrogen) atoms. The van der Waals surface area contributed by atoms with Crippen LogP contribution in [0.25, 0.3) is 0 Å². The summed E-state index contributed by atoms with van der Waals surface area (Å²) in [7, 11) is 0. The number of benzene rings is 3. The van der Waals surface area contributed by atoms with E-state index in [2.05, 4.69) is 44.0 Å². The maximum Gasteiger partial charge on any atom is 0.145 e. The molecule has 0 N–H and O–H groups in total. The van der Waals surface area contributed by atoms with Gasteiger partial charge in [-0.1, -0.05) is 37.9 Å². The van der Waals surface area contributed by atoms with Crippen molar-refractivity contribution in [1.82, 2.24) is 0 Å². The number of nitriles is 2. The van der Waals surface area contributed by atoms with Crippen molar-refractivity contribution in [2.75, 3.05) is 0 Å². The monoisotopic (exact) mass is 468 g/mol. The van der Waals surface area contributed by atoms with Crippen LogP contribution in [0.1, 0.15) is 11.1 Å². The van der Waals surface area contributed by atoms with Gasteiger partial charge in [-0.3, -0.25) is 0 Å². The fourth-order valence-electron chi connectivity index (χ4n) is 2.21. The highest BCUT2D eigenvalue weighted by atomic mass is 79.9. The Morgan fingerprint density at radius 3 is 1.54 bits per heavy atom. The normalized spacial score (nSPS) is 9.85. The maximum absolute atomic E-state index is 9.24. The number of hydrogen-bond acceptors (Lipinski definition) is 4. The minimum atomic E-state index is 0.422. The fraction of sp³-hybridized carbons (Fsp3) is 0. The van der Waals surface area contributed by atoms with Gasteiger partial charge in [0.25, 0.3) is 0 Å². The van der Waals surface area contributed by atoms with Gasteiger partial charge in [0.15, 0.2) is 0 Å². The number of nitrogens with zero attached hydrogens (tertiary/aromatic N) is 2. The lowest BCUT2D eigenvalue weighted by Crippen LogP contribution is -1.91. The van der Waals surface area contributed by atoms with E-state index in [1.807, 2.05) is 0 Å². The highest BCUT2D eigenvalue weighted by Gasteiger charge is 2.09. The Morgan fingerprint density at radius 1 is 0.654 bits per heavy atom. The Bertz CT molecular complexity index is 972. The van der Waals surface area contributed by atoms with Crippen molar-refractivity contribution in [3.05, 3.63) is 80.7 Å². The Balaban J connectivity index is 1.86. The largest absolute Gasteiger partial charge is 0.456 e. The first kappa shape index (κ1) is 18.0. The van der Waals surface area contributed by atoms with Crippen LogP contribution in [0.15, 0.2) is 69.6 Å². The Morgan fingerprint density at radius 2 is 1.12 bits per heavy atom. The van der Waals surface area contributed by atoms with Crippen molar-refractivity contribution in [3.63, 3.8) is 0 Å². The van der Waals surface area contributed by atoms with Crippen LogP contribution in [0.2, 0.25) is 0 Å². The van der Waals surface area contributed by atoms with E-state index < -0.39 is 0 Å². The number of hydrogen-bond donors (Lipinski definition) is 0. The van der Waals surface area contributed by atoms with Gasteiger partial charge in [0.2, 0.25) is 0 Å². The van der Waals surface area contributed by atoms with E-state index in [-0.39, 0.29) is 0 Å². The molecule has 0 radical (unpaired) electrons. The van der Waals surface area contributed by atoms with Crippen molar-refractivity contribution >= 4 is 31.9 Å². The summed E-state index contributed by atoms with van der Waals surface area (Å²) < 4.78 is 13.2. The summed E-state index contributed by atoms with van der Waals surface area (Å²) in [6.45, 7) is 0. The van der Waals surface area contributed by atoms with Crippen molar-refractivity contribution in [3.8, 4) is 35.1 Å². The molecule has 0 bridgehead atoms. The van der Waals surface area contributed by atoms with E-state index in [0.717, 1.165) is 8.95 Å².